The highest BCUT2D eigenvalue weighted by Crippen LogP contribution is 2.26. The Morgan fingerprint density at radius 2 is 2.12 bits per heavy atom. The third kappa shape index (κ3) is 3.21. The van der Waals surface area contributed by atoms with Gasteiger partial charge in [-0.25, -0.2) is 9.78 Å². The van der Waals surface area contributed by atoms with Crippen LogP contribution in [0, 0.1) is 0 Å². The molecule has 1 aromatic rings. The van der Waals surface area contributed by atoms with Crippen molar-refractivity contribution < 1.29 is 27.8 Å². The molecular formula is C8H8F3N3O3. The zero-order valence-electron chi connectivity index (χ0n) is 8.28. The number of nitrogens with two attached hydrogens (primary N) is 2. The van der Waals surface area contributed by atoms with E-state index in [4.69, 9.17) is 16.6 Å². The first-order valence-corrected chi connectivity index (χ1v) is 4.23. The number of ether oxygens (including phenoxy) is 1. The summed E-state index contributed by atoms with van der Waals surface area (Å²) < 4.78 is 39.2. The number of hydrogen-bond donors (Lipinski definition) is 3. The summed E-state index contributed by atoms with van der Waals surface area (Å²) in [4.78, 5) is 13.9. The van der Waals surface area contributed by atoms with Gasteiger partial charge in [0.1, 0.15) is 0 Å². The van der Waals surface area contributed by atoms with Crippen molar-refractivity contribution in [3.63, 3.8) is 0 Å². The second-order valence-electron chi connectivity index (χ2n) is 2.93. The molecule has 0 aliphatic heterocycles. The zero-order chi connectivity index (χ0) is 13.2. The van der Waals surface area contributed by atoms with Gasteiger partial charge in [-0.15, -0.1) is 13.2 Å². The molecule has 0 spiro atoms. The Bertz CT molecular complexity index is 448. The van der Waals surface area contributed by atoms with Crippen LogP contribution in [-0.4, -0.2) is 22.4 Å². The summed E-state index contributed by atoms with van der Waals surface area (Å²) in [6.07, 6.45) is -4.97. The van der Waals surface area contributed by atoms with Crippen LogP contribution in [0.1, 0.15) is 16.1 Å². The van der Waals surface area contributed by atoms with Crippen LogP contribution < -0.4 is 16.2 Å². The summed E-state index contributed by atoms with van der Waals surface area (Å²) in [6.45, 7) is -0.257. The minimum absolute atomic E-state index is 0.0491. The Labute approximate surface area is 93.0 Å². The lowest BCUT2D eigenvalue weighted by atomic mass is 10.1. The molecule has 9 heteroatoms. The SMILES string of the molecule is NCc1c(N)cc(OC(F)(F)F)nc1C(=O)O. The lowest BCUT2D eigenvalue weighted by Crippen LogP contribution is -2.20. The van der Waals surface area contributed by atoms with E-state index in [1.807, 2.05) is 0 Å². The third-order valence-corrected chi connectivity index (χ3v) is 1.76. The number of hydrogen-bond acceptors (Lipinski definition) is 5. The maximum Gasteiger partial charge on any atom is 0.574 e. The monoisotopic (exact) mass is 251 g/mol. The van der Waals surface area contributed by atoms with E-state index in [0.717, 1.165) is 6.07 Å². The number of carboxylic acids is 1. The summed E-state index contributed by atoms with van der Waals surface area (Å²) in [7, 11) is 0. The van der Waals surface area contributed by atoms with Crippen molar-refractivity contribution >= 4 is 11.7 Å². The summed E-state index contributed by atoms with van der Waals surface area (Å²) >= 11 is 0. The maximum absolute atomic E-state index is 11.9. The molecule has 1 rings (SSSR count). The van der Waals surface area contributed by atoms with Crippen molar-refractivity contribution in [2.75, 3.05) is 5.73 Å². The smallest absolute Gasteiger partial charge is 0.476 e. The van der Waals surface area contributed by atoms with Crippen LogP contribution in [0.5, 0.6) is 5.88 Å². The molecule has 0 radical (unpaired) electrons. The number of rotatable bonds is 3. The highest BCUT2D eigenvalue weighted by atomic mass is 19.4. The average molecular weight is 251 g/mol. The minimum atomic E-state index is -4.97. The number of aromatic carboxylic acids is 1. The molecule has 94 valence electrons. The van der Waals surface area contributed by atoms with Gasteiger partial charge in [-0.2, -0.15) is 0 Å². The van der Waals surface area contributed by atoms with E-state index in [2.05, 4.69) is 9.72 Å². The first kappa shape index (κ1) is 13.0. The van der Waals surface area contributed by atoms with E-state index in [9.17, 15) is 18.0 Å². The first-order valence-electron chi connectivity index (χ1n) is 4.23. The zero-order valence-corrected chi connectivity index (χ0v) is 8.28. The molecule has 0 unspecified atom stereocenters. The minimum Gasteiger partial charge on any atom is -0.476 e. The van der Waals surface area contributed by atoms with Gasteiger partial charge in [-0.3, -0.25) is 0 Å². The van der Waals surface area contributed by atoms with Crippen LogP contribution in [-0.2, 0) is 6.54 Å². The molecule has 0 amide bonds. The summed E-state index contributed by atoms with van der Waals surface area (Å²) in [6, 6.07) is 0.766. The Kier molecular flexibility index (Phi) is 3.42. The fraction of sp³-hybridized carbons (Fsp3) is 0.250. The number of nitrogen functional groups attached to an aromatic ring is 1. The predicted molar refractivity (Wildman–Crippen MR) is 50.2 cm³/mol. The Morgan fingerprint density at radius 1 is 1.53 bits per heavy atom. The Hall–Kier alpha value is -2.03. The molecule has 0 aliphatic rings. The van der Waals surface area contributed by atoms with Gasteiger partial charge in [0.05, 0.1) is 0 Å². The Morgan fingerprint density at radius 3 is 2.53 bits per heavy atom. The summed E-state index contributed by atoms with van der Waals surface area (Å²) in [5.41, 5.74) is 9.65. The van der Waals surface area contributed by atoms with Gasteiger partial charge in [0, 0.05) is 23.9 Å². The summed E-state index contributed by atoms with van der Waals surface area (Å²) in [5, 5.41) is 8.73. The van der Waals surface area contributed by atoms with Crippen LogP contribution in [0.2, 0.25) is 0 Å². The number of pyridine rings is 1. The van der Waals surface area contributed by atoms with Crippen LogP contribution in [0.15, 0.2) is 6.07 Å². The number of alkyl halides is 3. The lowest BCUT2D eigenvalue weighted by Gasteiger charge is -2.12. The highest BCUT2D eigenvalue weighted by molar-refractivity contribution is 5.89. The standard InChI is InChI=1S/C8H8F3N3O3/c9-8(10,11)17-5-1-4(13)3(2-12)6(14-5)7(15)16/h1H,2,12H2,(H2,13,14)(H,15,16). The number of carbonyl (C=O) groups is 1. The van der Waals surface area contributed by atoms with E-state index < -0.39 is 23.9 Å². The van der Waals surface area contributed by atoms with Gasteiger partial charge in [0.2, 0.25) is 5.88 Å². The van der Waals surface area contributed by atoms with E-state index in [-0.39, 0.29) is 17.8 Å². The van der Waals surface area contributed by atoms with Crippen molar-refractivity contribution in [3.8, 4) is 5.88 Å². The van der Waals surface area contributed by atoms with Crippen LogP contribution in [0.25, 0.3) is 0 Å². The number of nitrogens with zero attached hydrogens (tertiary/aromatic N) is 1. The van der Waals surface area contributed by atoms with Crippen molar-refractivity contribution in [2.45, 2.75) is 12.9 Å². The van der Waals surface area contributed by atoms with Gasteiger partial charge in [-0.1, -0.05) is 0 Å². The molecule has 0 bridgehead atoms. The quantitative estimate of drug-likeness (QED) is 0.729. The topological polar surface area (TPSA) is 111 Å². The van der Waals surface area contributed by atoms with Crippen molar-refractivity contribution in [3.05, 3.63) is 17.3 Å². The van der Waals surface area contributed by atoms with Gasteiger partial charge in [0.25, 0.3) is 0 Å². The first-order chi connectivity index (χ1) is 7.74. The molecule has 5 N–H and O–H groups in total. The maximum atomic E-state index is 11.9. The van der Waals surface area contributed by atoms with Gasteiger partial charge in [-0.05, 0) is 0 Å². The fourth-order valence-corrected chi connectivity index (χ4v) is 1.13. The largest absolute Gasteiger partial charge is 0.574 e. The van der Waals surface area contributed by atoms with Crippen molar-refractivity contribution in [1.29, 1.82) is 0 Å². The Balaban J connectivity index is 3.25. The molecule has 1 heterocycles. The van der Waals surface area contributed by atoms with Gasteiger partial charge in [0.15, 0.2) is 5.69 Å². The average Bonchev–Trinajstić information content (AvgIpc) is 2.13. The predicted octanol–water partition coefficient (Wildman–Crippen LogP) is 0.719. The van der Waals surface area contributed by atoms with E-state index in [0.29, 0.717) is 0 Å². The lowest BCUT2D eigenvalue weighted by molar-refractivity contribution is -0.276. The normalized spacial score (nSPS) is 11.3. The van der Waals surface area contributed by atoms with E-state index in [1.165, 1.54) is 0 Å². The second kappa shape index (κ2) is 4.45. The molecule has 0 aromatic carbocycles. The number of anilines is 1. The second-order valence-corrected chi connectivity index (χ2v) is 2.93. The van der Waals surface area contributed by atoms with Crippen molar-refractivity contribution in [2.24, 2.45) is 5.73 Å². The van der Waals surface area contributed by atoms with E-state index in [1.54, 1.807) is 0 Å². The van der Waals surface area contributed by atoms with Gasteiger partial charge < -0.3 is 21.3 Å². The number of aromatic nitrogens is 1. The van der Waals surface area contributed by atoms with Crippen LogP contribution >= 0.6 is 0 Å². The molecule has 0 aliphatic carbocycles. The molecule has 0 saturated carbocycles. The molecule has 1 aromatic heterocycles. The molecule has 0 atom stereocenters. The third-order valence-electron chi connectivity index (χ3n) is 1.76. The molecular weight excluding hydrogens is 243 g/mol. The summed E-state index contributed by atoms with van der Waals surface area (Å²) in [5.74, 6) is -2.48. The fourth-order valence-electron chi connectivity index (χ4n) is 1.13. The molecule has 6 nitrogen and oxygen atoms in total. The molecule has 0 saturated heterocycles. The molecule has 17 heavy (non-hydrogen) atoms. The van der Waals surface area contributed by atoms with Crippen LogP contribution in [0.3, 0.4) is 0 Å². The highest BCUT2D eigenvalue weighted by Gasteiger charge is 2.32. The van der Waals surface area contributed by atoms with Gasteiger partial charge >= 0.3 is 12.3 Å². The number of carboxylic acid groups (broad SMARTS) is 1. The van der Waals surface area contributed by atoms with Crippen molar-refractivity contribution in [1.82, 2.24) is 4.98 Å². The van der Waals surface area contributed by atoms with E-state index >= 15 is 0 Å². The number of halogens is 3. The van der Waals surface area contributed by atoms with Crippen LogP contribution in [0.4, 0.5) is 18.9 Å². The molecule has 0 fully saturated rings.